The first-order chi connectivity index (χ1) is 16.9. The van der Waals surface area contributed by atoms with E-state index in [0.717, 1.165) is 46.0 Å². The summed E-state index contributed by atoms with van der Waals surface area (Å²) in [4.78, 5) is 18.3. The molecule has 0 amide bonds. The summed E-state index contributed by atoms with van der Waals surface area (Å²) in [7, 11) is 0. The number of rotatable bonds is 7. The summed E-state index contributed by atoms with van der Waals surface area (Å²) in [5.74, 6) is 2.22. The Hall–Kier alpha value is -2.77. The Balaban J connectivity index is 1.56. The third kappa shape index (κ3) is 4.84. The molecule has 1 aliphatic carbocycles. The molecule has 0 saturated heterocycles. The van der Waals surface area contributed by atoms with E-state index in [9.17, 15) is 4.79 Å². The average Bonchev–Trinajstić information content (AvgIpc) is 3.23. The Kier molecular flexibility index (Phi) is 6.64. The number of fused-ring (bicyclic) bond motifs is 1. The maximum absolute atomic E-state index is 13.5. The van der Waals surface area contributed by atoms with Gasteiger partial charge in [0.1, 0.15) is 11.8 Å². The normalized spacial score (nSPS) is 18.6. The van der Waals surface area contributed by atoms with Crippen LogP contribution in [0.3, 0.4) is 0 Å². The van der Waals surface area contributed by atoms with Crippen molar-refractivity contribution in [3.05, 3.63) is 76.0 Å². The molecule has 8 heteroatoms. The number of para-hydroxylation sites is 1. The Bertz CT molecular complexity index is 1300. The molecule has 0 radical (unpaired) electrons. The number of Topliss-reactive ketones (excluding diaryl/α,β-unsaturated/α-hetero) is 1. The number of carbonyl (C=O) groups excluding carboxylic acids is 1. The molecule has 35 heavy (non-hydrogen) atoms. The molecule has 1 N–H and O–H groups in total. The highest BCUT2D eigenvalue weighted by molar-refractivity contribution is 7.98. The van der Waals surface area contributed by atoms with Gasteiger partial charge in [0.25, 0.3) is 0 Å². The summed E-state index contributed by atoms with van der Waals surface area (Å²) in [5, 5.41) is 9.67. The minimum Gasteiger partial charge on any atom is -0.493 e. The van der Waals surface area contributed by atoms with Gasteiger partial charge in [-0.1, -0.05) is 80.5 Å². The van der Waals surface area contributed by atoms with E-state index in [1.165, 1.54) is 11.8 Å². The lowest BCUT2D eigenvalue weighted by molar-refractivity contribution is -0.118. The Labute approximate surface area is 215 Å². The number of nitrogens with zero attached hydrogens (tertiary/aromatic N) is 3. The molecule has 6 nitrogen and oxygen atoms in total. The number of nitrogens with one attached hydrogen (secondary N) is 1. The molecule has 0 saturated carbocycles. The van der Waals surface area contributed by atoms with Crippen molar-refractivity contribution in [1.82, 2.24) is 14.8 Å². The number of aromatic nitrogens is 3. The molecule has 2 heterocycles. The fourth-order valence-corrected chi connectivity index (χ4v) is 5.86. The summed E-state index contributed by atoms with van der Waals surface area (Å²) in [6.07, 6.45) is 2.18. The van der Waals surface area contributed by atoms with E-state index in [-0.39, 0.29) is 17.2 Å². The average molecular weight is 509 g/mol. The maximum Gasteiger partial charge on any atom is 0.227 e. The number of anilines is 1. The molecule has 1 unspecified atom stereocenters. The molecule has 182 valence electrons. The fourth-order valence-electron chi connectivity index (χ4n) is 4.75. The molecule has 0 bridgehead atoms. The van der Waals surface area contributed by atoms with Crippen molar-refractivity contribution in [3.8, 4) is 5.75 Å². The number of halogens is 1. The zero-order chi connectivity index (χ0) is 24.6. The Morgan fingerprint density at radius 2 is 1.94 bits per heavy atom. The standard InChI is InChI=1S/C27H29ClN4O2S/c1-4-13-34-22-12-8-6-10-18(22)24-23-20(14-27(2,3)15-21(23)33)29-25-30-26(31-32(24)25)35-16-17-9-5-7-11-19(17)28/h5-12,24H,4,13-16H2,1-3H3,(H,29,30,31). The molecule has 2 aliphatic rings. The van der Waals surface area contributed by atoms with Crippen LogP contribution >= 0.6 is 23.4 Å². The SMILES string of the molecule is CCCOc1ccccc1C1C2=C(CC(C)(C)CC2=O)Nc2nc(SCc3ccccc3Cl)nn21. The van der Waals surface area contributed by atoms with Crippen LogP contribution in [0.25, 0.3) is 0 Å². The van der Waals surface area contributed by atoms with Gasteiger partial charge in [0.2, 0.25) is 11.1 Å². The predicted octanol–water partition coefficient (Wildman–Crippen LogP) is 6.67. The first-order valence-corrected chi connectivity index (χ1v) is 13.3. The summed E-state index contributed by atoms with van der Waals surface area (Å²) < 4.78 is 7.95. The van der Waals surface area contributed by atoms with Gasteiger partial charge in [0.05, 0.1) is 6.61 Å². The fraction of sp³-hybridized carbons (Fsp3) is 0.370. The molecule has 2 aromatic carbocycles. The van der Waals surface area contributed by atoms with Gasteiger partial charge in [-0.2, -0.15) is 4.98 Å². The van der Waals surface area contributed by atoms with Crippen LogP contribution in [0.5, 0.6) is 5.75 Å². The second-order valence-electron chi connectivity index (χ2n) is 9.79. The lowest BCUT2D eigenvalue weighted by Crippen LogP contribution is -2.36. The molecule has 1 atom stereocenters. The maximum atomic E-state index is 13.5. The topological polar surface area (TPSA) is 69.0 Å². The number of allylic oxidation sites excluding steroid dienone is 2. The summed E-state index contributed by atoms with van der Waals surface area (Å²) in [6, 6.07) is 15.3. The number of thioether (sulfide) groups is 1. The molecule has 3 aromatic rings. The second kappa shape index (κ2) is 9.70. The predicted molar refractivity (Wildman–Crippen MR) is 140 cm³/mol. The molecule has 5 rings (SSSR count). The van der Waals surface area contributed by atoms with Crippen molar-refractivity contribution in [2.45, 2.75) is 57.0 Å². The van der Waals surface area contributed by atoms with Gasteiger partial charge in [-0.15, -0.1) is 5.10 Å². The van der Waals surface area contributed by atoms with Gasteiger partial charge in [-0.3, -0.25) is 4.79 Å². The quantitative estimate of drug-likeness (QED) is 0.359. The minimum atomic E-state index is -0.389. The number of ketones is 1. The second-order valence-corrected chi connectivity index (χ2v) is 11.1. The van der Waals surface area contributed by atoms with E-state index >= 15 is 0 Å². The number of hydrogen-bond donors (Lipinski definition) is 1. The van der Waals surface area contributed by atoms with Crippen molar-refractivity contribution in [2.75, 3.05) is 11.9 Å². The summed E-state index contributed by atoms with van der Waals surface area (Å²) in [5.41, 5.74) is 3.54. The summed E-state index contributed by atoms with van der Waals surface area (Å²) >= 11 is 7.88. The Morgan fingerprint density at radius 1 is 1.17 bits per heavy atom. The van der Waals surface area contributed by atoms with Crippen LogP contribution in [-0.2, 0) is 10.5 Å². The zero-order valence-corrected chi connectivity index (χ0v) is 21.7. The van der Waals surface area contributed by atoms with E-state index in [2.05, 4.69) is 26.1 Å². The van der Waals surface area contributed by atoms with Gasteiger partial charge < -0.3 is 10.1 Å². The van der Waals surface area contributed by atoms with Crippen LogP contribution in [0, 0.1) is 5.41 Å². The first kappa shape index (κ1) is 23.9. The number of benzene rings is 2. The van der Waals surface area contributed by atoms with Gasteiger partial charge >= 0.3 is 0 Å². The van der Waals surface area contributed by atoms with E-state index < -0.39 is 0 Å². The molecular formula is C27H29ClN4O2S. The lowest BCUT2D eigenvalue weighted by atomic mass is 9.73. The Morgan fingerprint density at radius 3 is 2.74 bits per heavy atom. The summed E-state index contributed by atoms with van der Waals surface area (Å²) in [6.45, 7) is 6.96. The molecule has 1 aromatic heterocycles. The smallest absolute Gasteiger partial charge is 0.227 e. The third-order valence-electron chi connectivity index (χ3n) is 6.30. The van der Waals surface area contributed by atoms with Crippen LogP contribution < -0.4 is 10.1 Å². The minimum absolute atomic E-state index is 0.116. The van der Waals surface area contributed by atoms with Crippen LogP contribution in [0.15, 0.2) is 65.0 Å². The van der Waals surface area contributed by atoms with E-state index in [1.807, 2.05) is 53.2 Å². The van der Waals surface area contributed by atoms with Gasteiger partial charge in [0, 0.05) is 34.0 Å². The van der Waals surface area contributed by atoms with Crippen molar-refractivity contribution in [2.24, 2.45) is 5.41 Å². The van der Waals surface area contributed by atoms with Crippen LogP contribution in [0.1, 0.15) is 57.2 Å². The van der Waals surface area contributed by atoms with Crippen molar-refractivity contribution in [3.63, 3.8) is 0 Å². The third-order valence-corrected chi connectivity index (χ3v) is 7.56. The van der Waals surface area contributed by atoms with Crippen molar-refractivity contribution in [1.29, 1.82) is 0 Å². The number of ether oxygens (including phenoxy) is 1. The van der Waals surface area contributed by atoms with Crippen LogP contribution in [0.4, 0.5) is 5.95 Å². The first-order valence-electron chi connectivity index (χ1n) is 11.9. The van der Waals surface area contributed by atoms with Crippen LogP contribution in [0.2, 0.25) is 5.02 Å². The lowest BCUT2D eigenvalue weighted by Gasteiger charge is -2.38. The molecule has 0 fully saturated rings. The van der Waals surface area contributed by atoms with Crippen molar-refractivity contribution < 1.29 is 9.53 Å². The van der Waals surface area contributed by atoms with Gasteiger partial charge in [-0.05, 0) is 36.0 Å². The van der Waals surface area contributed by atoms with E-state index in [0.29, 0.717) is 29.9 Å². The molecule has 0 spiro atoms. The monoisotopic (exact) mass is 508 g/mol. The van der Waals surface area contributed by atoms with E-state index in [1.54, 1.807) is 0 Å². The largest absolute Gasteiger partial charge is 0.493 e. The van der Waals surface area contributed by atoms with Crippen LogP contribution in [-0.4, -0.2) is 27.2 Å². The zero-order valence-electron chi connectivity index (χ0n) is 20.2. The highest BCUT2D eigenvalue weighted by Crippen LogP contribution is 2.47. The molecular weight excluding hydrogens is 480 g/mol. The van der Waals surface area contributed by atoms with Gasteiger partial charge in [0.15, 0.2) is 5.78 Å². The highest BCUT2D eigenvalue weighted by atomic mass is 35.5. The van der Waals surface area contributed by atoms with E-state index in [4.69, 9.17) is 26.4 Å². The molecule has 1 aliphatic heterocycles. The number of hydrogen-bond acceptors (Lipinski definition) is 6. The highest BCUT2D eigenvalue weighted by Gasteiger charge is 2.42. The van der Waals surface area contributed by atoms with Crippen molar-refractivity contribution >= 4 is 35.1 Å². The van der Waals surface area contributed by atoms with Gasteiger partial charge in [-0.25, -0.2) is 4.68 Å². The number of carbonyl (C=O) groups is 1.